The summed E-state index contributed by atoms with van der Waals surface area (Å²) in [5, 5.41) is 30.2. The van der Waals surface area contributed by atoms with Gasteiger partial charge in [-0.1, -0.05) is 0 Å². The standard InChI is InChI=1S/C7H10O6.3Na/c8-5(9)2-1-4(7(12)13)3-6(10)11;;;/h4H,1-3H2,(H,8,9)(H,10,11)(H,12,13);;;/q;3*+1/p-3/t4-;;;/m0.../s1. The molecule has 9 heteroatoms. The van der Waals surface area contributed by atoms with E-state index >= 15 is 0 Å². The normalized spacial score (nSPS) is 9.75. The number of hydrogen-bond acceptors (Lipinski definition) is 6. The Hall–Kier alpha value is 1.41. The predicted octanol–water partition coefficient (Wildman–Crippen LogP) is -13.0. The third-order valence-corrected chi connectivity index (χ3v) is 1.44. The van der Waals surface area contributed by atoms with E-state index in [2.05, 4.69) is 0 Å². The molecule has 0 aromatic rings. The second-order valence-corrected chi connectivity index (χ2v) is 2.50. The van der Waals surface area contributed by atoms with Crippen LogP contribution in [0.3, 0.4) is 0 Å². The van der Waals surface area contributed by atoms with E-state index in [1.165, 1.54) is 0 Å². The minimum absolute atomic E-state index is 0. The van der Waals surface area contributed by atoms with Crippen molar-refractivity contribution >= 4 is 17.9 Å². The Kier molecular flexibility index (Phi) is 23.6. The average Bonchev–Trinajstić information content (AvgIpc) is 1.96. The zero-order chi connectivity index (χ0) is 10.4. The molecule has 0 rings (SSSR count). The third-order valence-electron chi connectivity index (χ3n) is 1.44. The van der Waals surface area contributed by atoms with Crippen LogP contribution in [0.5, 0.6) is 0 Å². The van der Waals surface area contributed by atoms with Gasteiger partial charge in [0, 0.05) is 23.8 Å². The molecule has 0 spiro atoms. The number of carbonyl (C=O) groups excluding carboxylic acids is 3. The fourth-order valence-electron chi connectivity index (χ4n) is 0.797. The molecule has 0 fully saturated rings. The zero-order valence-electron chi connectivity index (χ0n) is 9.65. The van der Waals surface area contributed by atoms with Crippen molar-refractivity contribution in [2.75, 3.05) is 0 Å². The summed E-state index contributed by atoms with van der Waals surface area (Å²) in [6.07, 6.45) is -1.57. The molecule has 0 amide bonds. The summed E-state index contributed by atoms with van der Waals surface area (Å²) >= 11 is 0. The molecule has 0 N–H and O–H groups in total. The zero-order valence-corrected chi connectivity index (χ0v) is 15.6. The Bertz CT molecular complexity index is 232. The van der Waals surface area contributed by atoms with Crippen LogP contribution >= 0.6 is 0 Å². The van der Waals surface area contributed by atoms with Crippen molar-refractivity contribution in [2.24, 2.45) is 5.92 Å². The molecular weight excluding hydrogens is 249 g/mol. The molecule has 0 aromatic carbocycles. The van der Waals surface area contributed by atoms with Crippen molar-refractivity contribution in [3.8, 4) is 0 Å². The molecule has 0 unspecified atom stereocenters. The van der Waals surface area contributed by atoms with Crippen molar-refractivity contribution in [3.05, 3.63) is 0 Å². The first-order valence-electron chi connectivity index (χ1n) is 3.54. The van der Waals surface area contributed by atoms with Crippen LogP contribution in [0.1, 0.15) is 19.3 Å². The molecule has 0 saturated carbocycles. The minimum atomic E-state index is -1.59. The fraction of sp³-hybridized carbons (Fsp3) is 0.571. The Morgan fingerprint density at radius 3 is 1.56 bits per heavy atom. The summed E-state index contributed by atoms with van der Waals surface area (Å²) in [6, 6.07) is 0. The maximum absolute atomic E-state index is 10.2. The smallest absolute Gasteiger partial charge is 0.550 e. The monoisotopic (exact) mass is 256 g/mol. The Labute approximate surface area is 159 Å². The molecule has 6 nitrogen and oxygen atoms in total. The SMILES string of the molecule is O=C([O-])CC[C@@H](CC(=O)[O-])C(=O)[O-].[Na+].[Na+].[Na+]. The van der Waals surface area contributed by atoms with Gasteiger partial charge in [0.25, 0.3) is 0 Å². The molecule has 0 bridgehead atoms. The van der Waals surface area contributed by atoms with Crippen LogP contribution in [0.15, 0.2) is 0 Å². The van der Waals surface area contributed by atoms with E-state index in [0.29, 0.717) is 0 Å². The number of carbonyl (C=O) groups is 3. The van der Waals surface area contributed by atoms with Crippen LogP contribution in [0, 0.1) is 5.92 Å². The molecule has 74 valence electrons. The van der Waals surface area contributed by atoms with Gasteiger partial charge in [-0.05, 0) is 19.3 Å². The van der Waals surface area contributed by atoms with Gasteiger partial charge in [-0.15, -0.1) is 0 Å². The number of carboxylic acid groups (broad SMARTS) is 3. The van der Waals surface area contributed by atoms with Crippen LogP contribution in [0.2, 0.25) is 0 Å². The Balaban J connectivity index is -0.000000240. The topological polar surface area (TPSA) is 120 Å². The van der Waals surface area contributed by atoms with E-state index in [1.807, 2.05) is 0 Å². The van der Waals surface area contributed by atoms with E-state index in [-0.39, 0.29) is 95.1 Å². The number of carboxylic acids is 3. The molecule has 0 aromatic heterocycles. The van der Waals surface area contributed by atoms with Gasteiger partial charge in [0.05, 0.1) is 0 Å². The largest absolute Gasteiger partial charge is 1.00 e. The van der Waals surface area contributed by atoms with Crippen molar-refractivity contribution in [3.63, 3.8) is 0 Å². The summed E-state index contributed by atoms with van der Waals surface area (Å²) in [5.41, 5.74) is 0. The van der Waals surface area contributed by atoms with E-state index in [4.69, 9.17) is 0 Å². The van der Waals surface area contributed by atoms with Gasteiger partial charge in [-0.2, -0.15) is 0 Å². The maximum Gasteiger partial charge on any atom is 1.00 e. The van der Waals surface area contributed by atoms with Gasteiger partial charge in [-0.25, -0.2) is 0 Å². The van der Waals surface area contributed by atoms with Gasteiger partial charge >= 0.3 is 88.7 Å². The quantitative estimate of drug-likeness (QED) is 0.435. The van der Waals surface area contributed by atoms with Crippen LogP contribution in [-0.2, 0) is 14.4 Å². The molecule has 0 aliphatic carbocycles. The molecule has 0 aliphatic rings. The van der Waals surface area contributed by atoms with Gasteiger partial charge in [0.15, 0.2) is 0 Å². The van der Waals surface area contributed by atoms with Crippen LogP contribution in [-0.4, -0.2) is 17.9 Å². The first-order valence-corrected chi connectivity index (χ1v) is 3.54. The first kappa shape index (κ1) is 26.1. The van der Waals surface area contributed by atoms with Crippen LogP contribution < -0.4 is 104 Å². The molecule has 0 aliphatic heterocycles. The fourth-order valence-corrected chi connectivity index (χ4v) is 0.797. The Morgan fingerprint density at radius 1 is 0.875 bits per heavy atom. The van der Waals surface area contributed by atoms with Crippen molar-refractivity contribution in [1.29, 1.82) is 0 Å². The van der Waals surface area contributed by atoms with Gasteiger partial charge in [-0.3, -0.25) is 0 Å². The van der Waals surface area contributed by atoms with Gasteiger partial charge in [0.1, 0.15) is 0 Å². The van der Waals surface area contributed by atoms with Crippen molar-refractivity contribution in [2.45, 2.75) is 19.3 Å². The van der Waals surface area contributed by atoms with E-state index in [0.717, 1.165) is 0 Å². The van der Waals surface area contributed by atoms with Gasteiger partial charge in [0.2, 0.25) is 0 Å². The number of aliphatic carboxylic acids is 3. The molecule has 0 heterocycles. The van der Waals surface area contributed by atoms with Crippen LogP contribution in [0.25, 0.3) is 0 Å². The van der Waals surface area contributed by atoms with Crippen LogP contribution in [0.4, 0.5) is 0 Å². The summed E-state index contributed by atoms with van der Waals surface area (Å²) < 4.78 is 0. The second-order valence-electron chi connectivity index (χ2n) is 2.50. The summed E-state index contributed by atoms with van der Waals surface area (Å²) in [5.74, 6) is -5.90. The summed E-state index contributed by atoms with van der Waals surface area (Å²) in [6.45, 7) is 0. The van der Waals surface area contributed by atoms with E-state index in [9.17, 15) is 29.7 Å². The number of rotatable bonds is 6. The van der Waals surface area contributed by atoms with E-state index < -0.39 is 36.7 Å². The summed E-state index contributed by atoms with van der Waals surface area (Å²) in [4.78, 5) is 30.2. The molecule has 0 saturated heterocycles. The van der Waals surface area contributed by atoms with Crippen molar-refractivity contribution in [1.82, 2.24) is 0 Å². The molecular formula is C7H7Na3O6. The molecule has 16 heavy (non-hydrogen) atoms. The van der Waals surface area contributed by atoms with Crippen molar-refractivity contribution < 1.29 is 118 Å². The molecule has 1 atom stereocenters. The molecule has 0 radical (unpaired) electrons. The van der Waals surface area contributed by atoms with E-state index in [1.54, 1.807) is 0 Å². The number of hydrogen-bond donors (Lipinski definition) is 0. The second kappa shape index (κ2) is 14.5. The Morgan fingerprint density at radius 2 is 1.31 bits per heavy atom. The third kappa shape index (κ3) is 15.4. The summed E-state index contributed by atoms with van der Waals surface area (Å²) in [7, 11) is 0. The average molecular weight is 256 g/mol. The van der Waals surface area contributed by atoms with Gasteiger partial charge < -0.3 is 29.7 Å². The first-order chi connectivity index (χ1) is 5.93. The predicted molar refractivity (Wildman–Crippen MR) is 32.4 cm³/mol. The minimum Gasteiger partial charge on any atom is -0.550 e. The maximum atomic E-state index is 10.2.